The van der Waals surface area contributed by atoms with Gasteiger partial charge in [-0.05, 0) is 104 Å². The van der Waals surface area contributed by atoms with E-state index in [0.29, 0.717) is 16.0 Å². The highest BCUT2D eigenvalue weighted by molar-refractivity contribution is 6.42. The van der Waals surface area contributed by atoms with E-state index in [2.05, 4.69) is 152 Å². The fourth-order valence-electron chi connectivity index (χ4n) is 4.00. The number of hydrogen-bond donors (Lipinski definition) is 2. The standard InChI is InChI=1S/2C13H21N.C11H15Cl2N/c1-11(10-14-13(2,3)4)12-8-6-5-7-9-12;1-5-14(13(2,3)4)11-12-9-7-6-8-10-12;1-11(2,3)14-7-8-4-5-9(12)10(13)6-8/h5-9,11,14H,10H2,1-4H3;6-10H,5,11H2,1-4H3;4-6,14H,7H2,1-3H3. The Labute approximate surface area is 268 Å². The Hall–Kier alpha value is -1.88. The predicted molar refractivity (Wildman–Crippen MR) is 188 cm³/mol. The summed E-state index contributed by atoms with van der Waals surface area (Å²) in [6.07, 6.45) is 0. The molecule has 0 aliphatic heterocycles. The molecule has 0 aliphatic carbocycles. The lowest BCUT2D eigenvalue weighted by Gasteiger charge is -2.34. The molecule has 3 nitrogen and oxygen atoms in total. The smallest absolute Gasteiger partial charge is 0.0595 e. The van der Waals surface area contributed by atoms with Gasteiger partial charge in [0.05, 0.1) is 10.0 Å². The second kappa shape index (κ2) is 18.0. The Bertz CT molecular complexity index is 1130. The van der Waals surface area contributed by atoms with Crippen LogP contribution < -0.4 is 10.6 Å². The minimum Gasteiger partial charge on any atom is -0.311 e. The second-order valence-corrected chi connectivity index (χ2v) is 14.8. The van der Waals surface area contributed by atoms with Gasteiger partial charge in [0, 0.05) is 36.3 Å². The minimum absolute atomic E-state index is 0.117. The van der Waals surface area contributed by atoms with Gasteiger partial charge in [-0.1, -0.05) is 104 Å². The molecule has 3 aromatic carbocycles. The van der Waals surface area contributed by atoms with Crippen LogP contribution in [-0.4, -0.2) is 34.6 Å². The molecule has 42 heavy (non-hydrogen) atoms. The molecule has 3 aromatic rings. The minimum atomic E-state index is 0.117. The summed E-state index contributed by atoms with van der Waals surface area (Å²) in [4.78, 5) is 2.47. The van der Waals surface area contributed by atoms with Crippen LogP contribution in [0.4, 0.5) is 0 Å². The summed E-state index contributed by atoms with van der Waals surface area (Å²) in [5, 5.41) is 8.12. The van der Waals surface area contributed by atoms with Crippen LogP contribution in [0.2, 0.25) is 10.0 Å². The SMILES string of the molecule is CC(C)(C)NCc1ccc(Cl)c(Cl)c1.CC(CNC(C)(C)C)c1ccccc1.CCN(Cc1ccccc1)C(C)(C)C. The van der Waals surface area contributed by atoms with Crippen LogP contribution in [0.5, 0.6) is 0 Å². The van der Waals surface area contributed by atoms with E-state index in [1.807, 2.05) is 18.2 Å². The fourth-order valence-corrected chi connectivity index (χ4v) is 4.32. The molecule has 0 saturated heterocycles. The maximum atomic E-state index is 5.90. The van der Waals surface area contributed by atoms with Crippen molar-refractivity contribution in [2.24, 2.45) is 0 Å². The highest BCUT2D eigenvalue weighted by Gasteiger charge is 2.19. The molecule has 0 heterocycles. The van der Waals surface area contributed by atoms with Crippen LogP contribution in [0.1, 0.15) is 98.8 Å². The van der Waals surface area contributed by atoms with Gasteiger partial charge < -0.3 is 10.6 Å². The number of hydrogen-bond acceptors (Lipinski definition) is 3. The van der Waals surface area contributed by atoms with Gasteiger partial charge in [-0.2, -0.15) is 0 Å². The maximum absolute atomic E-state index is 5.90. The highest BCUT2D eigenvalue weighted by Crippen LogP contribution is 2.23. The molecule has 3 rings (SSSR count). The molecule has 0 aliphatic rings. The summed E-state index contributed by atoms with van der Waals surface area (Å²) in [7, 11) is 0. The Morgan fingerprint density at radius 2 is 1.19 bits per heavy atom. The molecule has 0 amide bonds. The lowest BCUT2D eigenvalue weighted by molar-refractivity contribution is 0.136. The monoisotopic (exact) mass is 613 g/mol. The molecule has 234 valence electrons. The van der Waals surface area contributed by atoms with Crippen molar-refractivity contribution in [2.45, 2.75) is 112 Å². The summed E-state index contributed by atoms with van der Waals surface area (Å²) < 4.78 is 0. The van der Waals surface area contributed by atoms with E-state index in [-0.39, 0.29) is 16.6 Å². The molecule has 0 saturated carbocycles. The molecular weight excluding hydrogens is 557 g/mol. The van der Waals surface area contributed by atoms with Crippen molar-refractivity contribution < 1.29 is 0 Å². The first-order valence-electron chi connectivity index (χ1n) is 15.2. The number of nitrogens with zero attached hydrogens (tertiary/aromatic N) is 1. The first-order chi connectivity index (χ1) is 19.4. The molecule has 0 aromatic heterocycles. The van der Waals surface area contributed by atoms with Crippen LogP contribution in [0.25, 0.3) is 0 Å². The first-order valence-corrected chi connectivity index (χ1v) is 15.9. The van der Waals surface area contributed by atoms with Crippen molar-refractivity contribution in [3.05, 3.63) is 106 Å². The fraction of sp³-hybridized carbons (Fsp3) is 0.514. The Balaban J connectivity index is 0.000000315. The second-order valence-electron chi connectivity index (χ2n) is 14.0. The number of nitrogens with one attached hydrogen (secondary N) is 2. The van der Waals surface area contributed by atoms with Gasteiger partial charge in [-0.25, -0.2) is 0 Å². The van der Waals surface area contributed by atoms with Crippen LogP contribution >= 0.6 is 23.2 Å². The Morgan fingerprint density at radius 1 is 0.667 bits per heavy atom. The van der Waals surface area contributed by atoms with E-state index in [4.69, 9.17) is 23.2 Å². The normalized spacial score (nSPS) is 12.6. The van der Waals surface area contributed by atoms with Crippen molar-refractivity contribution in [1.82, 2.24) is 15.5 Å². The third kappa shape index (κ3) is 17.3. The summed E-state index contributed by atoms with van der Waals surface area (Å²) in [6, 6.07) is 27.0. The topological polar surface area (TPSA) is 27.3 Å². The molecule has 0 bridgehead atoms. The number of halogens is 2. The van der Waals surface area contributed by atoms with Crippen molar-refractivity contribution in [3.63, 3.8) is 0 Å². The van der Waals surface area contributed by atoms with Crippen molar-refractivity contribution in [2.75, 3.05) is 13.1 Å². The van der Waals surface area contributed by atoms with Gasteiger partial charge in [0.1, 0.15) is 0 Å². The van der Waals surface area contributed by atoms with Gasteiger partial charge in [0.25, 0.3) is 0 Å². The molecule has 1 atom stereocenters. The maximum Gasteiger partial charge on any atom is 0.0595 e. The molecular formula is C37H57Cl2N3. The summed E-state index contributed by atoms with van der Waals surface area (Å²) in [5.41, 5.74) is 4.53. The molecule has 0 spiro atoms. The summed E-state index contributed by atoms with van der Waals surface area (Å²) in [5.74, 6) is 0.579. The Kier molecular flexibility index (Phi) is 16.4. The number of rotatable bonds is 8. The zero-order valence-corrected chi connectivity index (χ0v) is 29.6. The van der Waals surface area contributed by atoms with Gasteiger partial charge in [-0.3, -0.25) is 4.90 Å². The van der Waals surface area contributed by atoms with E-state index in [0.717, 1.165) is 31.7 Å². The first kappa shape index (κ1) is 38.1. The zero-order chi connectivity index (χ0) is 32.0. The van der Waals surface area contributed by atoms with Crippen LogP contribution in [0.15, 0.2) is 78.9 Å². The van der Waals surface area contributed by atoms with Crippen LogP contribution in [0.3, 0.4) is 0 Å². The molecule has 0 fully saturated rings. The zero-order valence-electron chi connectivity index (χ0n) is 28.1. The van der Waals surface area contributed by atoms with Gasteiger partial charge in [0.2, 0.25) is 0 Å². The molecule has 2 N–H and O–H groups in total. The third-order valence-electron chi connectivity index (χ3n) is 6.66. The van der Waals surface area contributed by atoms with Crippen molar-refractivity contribution in [3.8, 4) is 0 Å². The summed E-state index contributed by atoms with van der Waals surface area (Å²) >= 11 is 11.7. The summed E-state index contributed by atoms with van der Waals surface area (Å²) in [6.45, 7) is 28.2. The van der Waals surface area contributed by atoms with Crippen molar-refractivity contribution in [1.29, 1.82) is 0 Å². The molecule has 1 unspecified atom stereocenters. The quantitative estimate of drug-likeness (QED) is 0.264. The Morgan fingerprint density at radius 3 is 1.64 bits per heavy atom. The average molecular weight is 615 g/mol. The lowest BCUT2D eigenvalue weighted by Crippen LogP contribution is -2.40. The third-order valence-corrected chi connectivity index (χ3v) is 7.40. The highest BCUT2D eigenvalue weighted by atomic mass is 35.5. The largest absolute Gasteiger partial charge is 0.311 e. The van der Waals surface area contributed by atoms with E-state index in [9.17, 15) is 0 Å². The molecule has 5 heteroatoms. The van der Waals surface area contributed by atoms with E-state index in [1.165, 1.54) is 11.1 Å². The lowest BCUT2D eigenvalue weighted by atomic mass is 10.00. The van der Waals surface area contributed by atoms with E-state index in [1.54, 1.807) is 0 Å². The number of benzene rings is 3. The van der Waals surface area contributed by atoms with E-state index >= 15 is 0 Å². The van der Waals surface area contributed by atoms with Gasteiger partial charge >= 0.3 is 0 Å². The predicted octanol–water partition coefficient (Wildman–Crippen LogP) is 10.4. The van der Waals surface area contributed by atoms with Crippen LogP contribution in [-0.2, 0) is 13.1 Å². The van der Waals surface area contributed by atoms with Crippen molar-refractivity contribution >= 4 is 23.2 Å². The van der Waals surface area contributed by atoms with Crippen LogP contribution in [0, 0.1) is 0 Å². The van der Waals surface area contributed by atoms with Gasteiger partial charge in [-0.15, -0.1) is 0 Å². The average Bonchev–Trinajstić information content (AvgIpc) is 2.91. The van der Waals surface area contributed by atoms with Gasteiger partial charge in [0.15, 0.2) is 0 Å². The molecule has 0 radical (unpaired) electrons. The van der Waals surface area contributed by atoms with E-state index < -0.39 is 0 Å².